The van der Waals surface area contributed by atoms with Gasteiger partial charge < -0.3 is 5.11 Å². The van der Waals surface area contributed by atoms with Gasteiger partial charge in [-0.15, -0.1) is 11.3 Å². The molecular formula is C6H6O4S2. The fourth-order valence-corrected chi connectivity index (χ4v) is 2.81. The zero-order valence-electron chi connectivity index (χ0n) is 5.93. The van der Waals surface area contributed by atoms with E-state index in [1.165, 1.54) is 6.07 Å². The molecule has 0 bridgehead atoms. The molecule has 1 N–H and O–H groups in total. The molecule has 0 saturated carbocycles. The van der Waals surface area contributed by atoms with E-state index in [0.717, 1.165) is 11.3 Å². The van der Waals surface area contributed by atoms with Crippen LogP contribution in [0.4, 0.5) is 0 Å². The Hall–Kier alpha value is -0.880. The third kappa shape index (κ3) is 2.05. The highest BCUT2D eigenvalue weighted by Crippen LogP contribution is 2.16. The number of carboxylic acids is 1. The Morgan fingerprint density at radius 1 is 1.58 bits per heavy atom. The number of thiophene rings is 1. The molecule has 0 amide bonds. The van der Waals surface area contributed by atoms with Crippen molar-refractivity contribution < 1.29 is 18.3 Å². The van der Waals surface area contributed by atoms with E-state index in [1.807, 2.05) is 0 Å². The molecule has 0 aromatic carbocycles. The minimum absolute atomic E-state index is 0.102. The first-order valence-corrected chi connectivity index (χ1v) is 5.53. The van der Waals surface area contributed by atoms with Crippen LogP contribution in [0.15, 0.2) is 21.7 Å². The SMILES string of the molecule is O=C(O)CS(=O)(=O)c1cccs1. The quantitative estimate of drug-likeness (QED) is 0.786. The fraction of sp³-hybridized carbons (Fsp3) is 0.167. The molecule has 66 valence electrons. The second kappa shape index (κ2) is 3.24. The maximum Gasteiger partial charge on any atom is 0.319 e. The van der Waals surface area contributed by atoms with Crippen LogP contribution in [0.2, 0.25) is 0 Å². The number of carboxylic acid groups (broad SMARTS) is 1. The molecule has 0 atom stereocenters. The van der Waals surface area contributed by atoms with E-state index in [0.29, 0.717) is 0 Å². The van der Waals surface area contributed by atoms with Gasteiger partial charge in [0, 0.05) is 0 Å². The fourth-order valence-electron chi connectivity index (χ4n) is 0.674. The summed E-state index contributed by atoms with van der Waals surface area (Å²) in [6, 6.07) is 2.96. The molecule has 1 heterocycles. The highest BCUT2D eigenvalue weighted by molar-refractivity contribution is 7.94. The number of rotatable bonds is 3. The second-order valence-corrected chi connectivity index (χ2v) is 5.25. The minimum Gasteiger partial charge on any atom is -0.480 e. The maximum absolute atomic E-state index is 11.1. The summed E-state index contributed by atoms with van der Waals surface area (Å²) in [5.74, 6) is -2.17. The number of carbonyl (C=O) groups is 1. The Morgan fingerprint density at radius 2 is 2.25 bits per heavy atom. The lowest BCUT2D eigenvalue weighted by molar-refractivity contribution is -0.134. The van der Waals surface area contributed by atoms with Crippen molar-refractivity contribution >= 4 is 27.1 Å². The van der Waals surface area contributed by atoms with Gasteiger partial charge in [-0.1, -0.05) is 6.07 Å². The van der Waals surface area contributed by atoms with Crippen molar-refractivity contribution in [1.29, 1.82) is 0 Å². The highest BCUT2D eigenvalue weighted by Gasteiger charge is 2.19. The molecule has 1 rings (SSSR count). The van der Waals surface area contributed by atoms with Crippen LogP contribution in [0.5, 0.6) is 0 Å². The van der Waals surface area contributed by atoms with Gasteiger partial charge in [-0.3, -0.25) is 4.79 Å². The zero-order valence-corrected chi connectivity index (χ0v) is 7.56. The number of hydrogen-bond donors (Lipinski definition) is 1. The summed E-state index contributed by atoms with van der Waals surface area (Å²) in [5, 5.41) is 9.87. The summed E-state index contributed by atoms with van der Waals surface area (Å²) in [4.78, 5) is 10.1. The summed E-state index contributed by atoms with van der Waals surface area (Å²) >= 11 is 1.02. The third-order valence-corrected chi connectivity index (χ3v) is 4.20. The summed E-state index contributed by atoms with van der Waals surface area (Å²) < 4.78 is 22.4. The van der Waals surface area contributed by atoms with E-state index in [4.69, 9.17) is 5.11 Å². The molecule has 1 aromatic heterocycles. The average molecular weight is 206 g/mol. The van der Waals surface area contributed by atoms with E-state index < -0.39 is 21.6 Å². The van der Waals surface area contributed by atoms with Crippen molar-refractivity contribution in [3.63, 3.8) is 0 Å². The molecule has 4 nitrogen and oxygen atoms in total. The smallest absolute Gasteiger partial charge is 0.319 e. The van der Waals surface area contributed by atoms with Crippen molar-refractivity contribution in [1.82, 2.24) is 0 Å². The van der Waals surface area contributed by atoms with Gasteiger partial charge in [-0.05, 0) is 11.4 Å². The van der Waals surface area contributed by atoms with Crippen LogP contribution in [0.1, 0.15) is 0 Å². The molecule has 0 aliphatic heterocycles. The lowest BCUT2D eigenvalue weighted by Gasteiger charge is -1.94. The standard InChI is InChI=1S/C6H6O4S2/c7-5(8)4-12(9,10)6-2-1-3-11-6/h1-3H,4H2,(H,7,8). The van der Waals surface area contributed by atoms with Crippen LogP contribution in [0.3, 0.4) is 0 Å². The molecular weight excluding hydrogens is 200 g/mol. The van der Waals surface area contributed by atoms with E-state index in [2.05, 4.69) is 0 Å². The molecule has 0 fully saturated rings. The molecule has 1 aromatic rings. The molecule has 0 aliphatic carbocycles. The average Bonchev–Trinajstić information content (AvgIpc) is 2.32. The molecule has 0 saturated heterocycles. The summed E-state index contributed by atoms with van der Waals surface area (Å²) in [5.41, 5.74) is 0. The minimum atomic E-state index is -3.60. The van der Waals surface area contributed by atoms with Gasteiger partial charge in [0.25, 0.3) is 0 Å². The first kappa shape index (κ1) is 9.21. The van der Waals surface area contributed by atoms with Crippen LogP contribution >= 0.6 is 11.3 Å². The van der Waals surface area contributed by atoms with Gasteiger partial charge in [0.2, 0.25) is 0 Å². The van der Waals surface area contributed by atoms with Crippen molar-refractivity contribution in [3.05, 3.63) is 17.5 Å². The van der Waals surface area contributed by atoms with Gasteiger partial charge >= 0.3 is 5.97 Å². The van der Waals surface area contributed by atoms with Gasteiger partial charge in [-0.25, -0.2) is 8.42 Å². The van der Waals surface area contributed by atoms with E-state index in [9.17, 15) is 13.2 Å². The lowest BCUT2D eigenvalue weighted by Crippen LogP contribution is -2.14. The van der Waals surface area contributed by atoms with Crippen LogP contribution in [0.25, 0.3) is 0 Å². The molecule has 0 unspecified atom stereocenters. The molecule has 0 aliphatic rings. The third-order valence-electron chi connectivity index (χ3n) is 1.12. The number of hydrogen-bond acceptors (Lipinski definition) is 4. The van der Waals surface area contributed by atoms with Crippen LogP contribution < -0.4 is 0 Å². The monoisotopic (exact) mass is 206 g/mol. The molecule has 12 heavy (non-hydrogen) atoms. The van der Waals surface area contributed by atoms with Crippen molar-refractivity contribution in [2.75, 3.05) is 5.75 Å². The normalized spacial score (nSPS) is 11.3. The van der Waals surface area contributed by atoms with E-state index in [-0.39, 0.29) is 4.21 Å². The Bertz CT molecular complexity index is 362. The summed E-state index contributed by atoms with van der Waals surface area (Å²) in [6.07, 6.45) is 0. The Kier molecular flexibility index (Phi) is 2.49. The van der Waals surface area contributed by atoms with E-state index in [1.54, 1.807) is 11.4 Å². The number of aliphatic carboxylic acids is 1. The molecule has 6 heteroatoms. The van der Waals surface area contributed by atoms with Crippen molar-refractivity contribution in [2.45, 2.75) is 4.21 Å². The first-order valence-electron chi connectivity index (χ1n) is 3.00. The largest absolute Gasteiger partial charge is 0.480 e. The Balaban J connectivity index is 2.96. The van der Waals surface area contributed by atoms with Gasteiger partial charge in [0.05, 0.1) is 0 Å². The highest BCUT2D eigenvalue weighted by atomic mass is 32.2. The van der Waals surface area contributed by atoms with Crippen LogP contribution in [-0.2, 0) is 14.6 Å². The van der Waals surface area contributed by atoms with Gasteiger partial charge in [0.1, 0.15) is 4.21 Å². The Morgan fingerprint density at radius 3 is 2.67 bits per heavy atom. The lowest BCUT2D eigenvalue weighted by atomic mass is 10.7. The molecule has 0 spiro atoms. The predicted molar refractivity (Wildman–Crippen MR) is 44.0 cm³/mol. The number of sulfone groups is 1. The zero-order chi connectivity index (χ0) is 9.19. The second-order valence-electron chi connectivity index (χ2n) is 2.08. The van der Waals surface area contributed by atoms with Gasteiger partial charge in [-0.2, -0.15) is 0 Å². The van der Waals surface area contributed by atoms with Crippen molar-refractivity contribution in [3.8, 4) is 0 Å². The summed E-state index contributed by atoms with van der Waals surface area (Å²) in [6.45, 7) is 0. The first-order chi connectivity index (χ1) is 5.52. The van der Waals surface area contributed by atoms with Gasteiger partial charge in [0.15, 0.2) is 15.6 Å². The van der Waals surface area contributed by atoms with Crippen LogP contribution in [-0.4, -0.2) is 25.2 Å². The maximum atomic E-state index is 11.1. The van der Waals surface area contributed by atoms with Crippen LogP contribution in [0, 0.1) is 0 Å². The molecule has 0 radical (unpaired) electrons. The Labute approximate surface area is 73.4 Å². The summed E-state index contributed by atoms with van der Waals surface area (Å²) in [7, 11) is -3.60. The predicted octanol–water partition coefficient (Wildman–Crippen LogP) is 0.606. The topological polar surface area (TPSA) is 71.4 Å². The van der Waals surface area contributed by atoms with E-state index >= 15 is 0 Å². The van der Waals surface area contributed by atoms with Crippen molar-refractivity contribution in [2.24, 2.45) is 0 Å².